The van der Waals surface area contributed by atoms with Crippen LogP contribution in [0.3, 0.4) is 0 Å². The Kier molecular flexibility index (Phi) is 4.04. The van der Waals surface area contributed by atoms with E-state index in [1.54, 1.807) is 0 Å². The number of aromatic nitrogens is 1. The lowest BCUT2D eigenvalue weighted by molar-refractivity contribution is 0.201. The second-order valence-electron chi connectivity index (χ2n) is 5.65. The monoisotopic (exact) mass is 274 g/mol. The average molecular weight is 274 g/mol. The van der Waals surface area contributed by atoms with Crippen LogP contribution in [0, 0.1) is 0 Å². The maximum absolute atomic E-state index is 5.83. The van der Waals surface area contributed by atoms with Crippen LogP contribution < -0.4 is 15.8 Å². The third kappa shape index (κ3) is 3.85. The van der Waals surface area contributed by atoms with E-state index in [2.05, 4.69) is 15.3 Å². The summed E-state index contributed by atoms with van der Waals surface area (Å²) >= 11 is 0. The molecule has 3 N–H and O–H groups in total. The molecule has 0 amide bonds. The molecule has 0 aliphatic heterocycles. The fourth-order valence-electron chi connectivity index (χ4n) is 2.41. The first-order chi connectivity index (χ1) is 9.79. The van der Waals surface area contributed by atoms with Gasteiger partial charge in [-0.2, -0.15) is 0 Å². The molecular weight excluding hydrogens is 252 g/mol. The second-order valence-corrected chi connectivity index (χ2v) is 5.65. The Labute approximate surface area is 119 Å². The fourth-order valence-corrected chi connectivity index (χ4v) is 2.41. The molecule has 2 aliphatic carbocycles. The minimum absolute atomic E-state index is 0.352. The van der Waals surface area contributed by atoms with Crippen molar-refractivity contribution in [3.05, 3.63) is 23.9 Å². The van der Waals surface area contributed by atoms with Gasteiger partial charge in [-0.25, -0.2) is 9.98 Å². The number of ether oxygens (including phenoxy) is 1. The van der Waals surface area contributed by atoms with Gasteiger partial charge < -0.3 is 15.8 Å². The van der Waals surface area contributed by atoms with Gasteiger partial charge in [-0.1, -0.05) is 6.07 Å². The molecule has 0 atom stereocenters. The molecule has 20 heavy (non-hydrogen) atoms. The summed E-state index contributed by atoms with van der Waals surface area (Å²) in [5, 5.41) is 3.17. The number of hydrogen-bond donors (Lipinski definition) is 2. The van der Waals surface area contributed by atoms with Crippen molar-refractivity contribution in [2.24, 2.45) is 10.7 Å². The minimum Gasteiger partial charge on any atom is -0.474 e. The predicted molar refractivity (Wildman–Crippen MR) is 78.6 cm³/mol. The van der Waals surface area contributed by atoms with Gasteiger partial charge in [-0.05, 0) is 44.1 Å². The van der Waals surface area contributed by atoms with Gasteiger partial charge in [-0.15, -0.1) is 0 Å². The van der Waals surface area contributed by atoms with Crippen LogP contribution in [-0.2, 0) is 6.54 Å². The summed E-state index contributed by atoms with van der Waals surface area (Å²) in [6.45, 7) is 0.558. The number of nitrogens with one attached hydrogen (secondary N) is 1. The van der Waals surface area contributed by atoms with Crippen molar-refractivity contribution in [2.75, 3.05) is 0 Å². The van der Waals surface area contributed by atoms with E-state index in [0.717, 1.165) is 18.4 Å². The summed E-state index contributed by atoms with van der Waals surface area (Å²) in [5.74, 6) is 1.24. The quantitative estimate of drug-likeness (QED) is 0.636. The van der Waals surface area contributed by atoms with Crippen molar-refractivity contribution in [3.8, 4) is 5.88 Å². The molecule has 1 heterocycles. The van der Waals surface area contributed by atoms with Crippen LogP contribution in [0.15, 0.2) is 23.3 Å². The van der Waals surface area contributed by atoms with Gasteiger partial charge in [0.2, 0.25) is 5.88 Å². The van der Waals surface area contributed by atoms with Crippen molar-refractivity contribution in [1.82, 2.24) is 10.3 Å². The van der Waals surface area contributed by atoms with Crippen molar-refractivity contribution < 1.29 is 4.74 Å². The lowest BCUT2D eigenvalue weighted by atomic mass is 10.3. The number of guanidine groups is 1. The van der Waals surface area contributed by atoms with E-state index in [1.165, 1.54) is 25.7 Å². The van der Waals surface area contributed by atoms with Crippen molar-refractivity contribution in [2.45, 2.75) is 57.2 Å². The first-order valence-electron chi connectivity index (χ1n) is 7.47. The highest BCUT2D eigenvalue weighted by molar-refractivity contribution is 5.78. The molecule has 0 spiro atoms. The van der Waals surface area contributed by atoms with Crippen molar-refractivity contribution in [1.29, 1.82) is 0 Å². The highest BCUT2D eigenvalue weighted by Gasteiger charge is 2.21. The molecule has 0 aromatic carbocycles. The molecule has 2 saturated carbocycles. The summed E-state index contributed by atoms with van der Waals surface area (Å²) in [6.07, 6.45) is 9.41. The van der Waals surface area contributed by atoms with E-state index < -0.39 is 0 Å². The van der Waals surface area contributed by atoms with Crippen LogP contribution in [0.25, 0.3) is 0 Å². The van der Waals surface area contributed by atoms with E-state index in [4.69, 9.17) is 10.5 Å². The summed E-state index contributed by atoms with van der Waals surface area (Å²) in [5.41, 5.74) is 6.84. The van der Waals surface area contributed by atoms with E-state index in [1.807, 2.05) is 18.3 Å². The van der Waals surface area contributed by atoms with Crippen LogP contribution in [0.5, 0.6) is 5.88 Å². The Morgan fingerprint density at radius 3 is 2.75 bits per heavy atom. The number of pyridine rings is 1. The second kappa shape index (κ2) is 6.11. The third-order valence-corrected chi connectivity index (χ3v) is 3.75. The number of aliphatic imine (C=N–C) groups is 1. The zero-order chi connectivity index (χ0) is 13.8. The van der Waals surface area contributed by atoms with Crippen LogP contribution in [0.2, 0.25) is 0 Å². The Hall–Kier alpha value is -1.78. The number of nitrogens with zero attached hydrogens (tertiary/aromatic N) is 2. The summed E-state index contributed by atoms with van der Waals surface area (Å²) < 4.78 is 5.83. The molecule has 3 rings (SSSR count). The average Bonchev–Trinajstić information content (AvgIpc) is 3.12. The maximum Gasteiger partial charge on any atom is 0.213 e. The minimum atomic E-state index is 0.352. The van der Waals surface area contributed by atoms with E-state index in [-0.39, 0.29) is 0 Å². The normalized spacial score (nSPS) is 20.1. The van der Waals surface area contributed by atoms with Crippen molar-refractivity contribution in [3.63, 3.8) is 0 Å². The Morgan fingerprint density at radius 1 is 1.30 bits per heavy atom. The SMILES string of the molecule is NC(=NCc1ccc(OC2CCCC2)nc1)NC1CC1. The molecule has 2 aliphatic rings. The van der Waals surface area contributed by atoms with E-state index >= 15 is 0 Å². The predicted octanol–water partition coefficient (Wildman–Crippen LogP) is 1.97. The number of nitrogens with two attached hydrogens (primary N) is 1. The molecule has 0 radical (unpaired) electrons. The summed E-state index contributed by atoms with van der Waals surface area (Å²) in [7, 11) is 0. The topological polar surface area (TPSA) is 72.5 Å². The van der Waals surface area contributed by atoms with Gasteiger partial charge in [0.25, 0.3) is 0 Å². The Morgan fingerprint density at radius 2 is 2.10 bits per heavy atom. The number of rotatable bonds is 5. The summed E-state index contributed by atoms with van der Waals surface area (Å²) in [6, 6.07) is 4.47. The standard InChI is InChI=1S/C15H22N4O/c16-15(19-12-6-7-12)18-10-11-5-8-14(17-9-11)20-13-3-1-2-4-13/h5,8-9,12-13H,1-4,6-7,10H2,(H3,16,18,19). The molecule has 2 fully saturated rings. The highest BCUT2D eigenvalue weighted by atomic mass is 16.5. The highest BCUT2D eigenvalue weighted by Crippen LogP contribution is 2.23. The summed E-state index contributed by atoms with van der Waals surface area (Å²) in [4.78, 5) is 8.65. The fraction of sp³-hybridized carbons (Fsp3) is 0.600. The van der Waals surface area contributed by atoms with Crippen LogP contribution in [0.4, 0.5) is 0 Å². The first-order valence-corrected chi connectivity index (χ1v) is 7.47. The van der Waals surface area contributed by atoms with Gasteiger partial charge in [0, 0.05) is 18.3 Å². The van der Waals surface area contributed by atoms with Gasteiger partial charge in [-0.3, -0.25) is 0 Å². The molecule has 5 nitrogen and oxygen atoms in total. The Bertz CT molecular complexity index is 461. The molecule has 0 unspecified atom stereocenters. The first kappa shape index (κ1) is 13.2. The lowest BCUT2D eigenvalue weighted by Crippen LogP contribution is -2.33. The molecule has 108 valence electrons. The third-order valence-electron chi connectivity index (χ3n) is 3.75. The molecule has 1 aromatic heterocycles. The number of hydrogen-bond acceptors (Lipinski definition) is 3. The van der Waals surface area contributed by atoms with Gasteiger partial charge in [0.1, 0.15) is 6.10 Å². The molecular formula is C15H22N4O. The van der Waals surface area contributed by atoms with Crippen LogP contribution in [-0.4, -0.2) is 23.1 Å². The van der Waals surface area contributed by atoms with E-state index in [0.29, 0.717) is 30.5 Å². The largest absolute Gasteiger partial charge is 0.474 e. The van der Waals surface area contributed by atoms with Gasteiger partial charge >= 0.3 is 0 Å². The zero-order valence-electron chi connectivity index (χ0n) is 11.7. The maximum atomic E-state index is 5.83. The smallest absolute Gasteiger partial charge is 0.213 e. The molecule has 5 heteroatoms. The van der Waals surface area contributed by atoms with Gasteiger partial charge in [0.15, 0.2) is 5.96 Å². The van der Waals surface area contributed by atoms with Crippen LogP contribution >= 0.6 is 0 Å². The van der Waals surface area contributed by atoms with Crippen LogP contribution in [0.1, 0.15) is 44.1 Å². The molecule has 0 bridgehead atoms. The zero-order valence-corrected chi connectivity index (χ0v) is 11.7. The molecule has 0 saturated heterocycles. The van der Waals surface area contributed by atoms with Crippen molar-refractivity contribution >= 4 is 5.96 Å². The molecule has 1 aromatic rings. The van der Waals surface area contributed by atoms with E-state index in [9.17, 15) is 0 Å². The van der Waals surface area contributed by atoms with Gasteiger partial charge in [0.05, 0.1) is 6.54 Å². The Balaban J connectivity index is 1.49. The lowest BCUT2D eigenvalue weighted by Gasteiger charge is -2.11.